The number of carbonyl (C=O) groups is 3. The summed E-state index contributed by atoms with van der Waals surface area (Å²) in [5.74, 6) is -2.76. The highest BCUT2D eigenvalue weighted by Gasteiger charge is 2.49. The fourth-order valence-electron chi connectivity index (χ4n) is 4.94. The molecule has 0 radical (unpaired) electrons. The summed E-state index contributed by atoms with van der Waals surface area (Å²) in [6, 6.07) is 19.1. The minimum absolute atomic E-state index is 0.0514. The zero-order chi connectivity index (χ0) is 30.5. The number of aliphatic carboxylic acids is 1. The van der Waals surface area contributed by atoms with Gasteiger partial charge in [-0.05, 0) is 22.9 Å². The van der Waals surface area contributed by atoms with E-state index in [-0.39, 0.29) is 29.0 Å². The molecule has 0 saturated carbocycles. The van der Waals surface area contributed by atoms with Crippen molar-refractivity contribution >= 4 is 60.1 Å². The van der Waals surface area contributed by atoms with Crippen LogP contribution in [0, 0.1) is 5.92 Å². The van der Waals surface area contributed by atoms with Crippen LogP contribution < -0.4 is 10.0 Å². The van der Waals surface area contributed by atoms with Crippen LogP contribution in [0.1, 0.15) is 32.3 Å². The molecule has 10 nitrogen and oxygen atoms in total. The Hall–Kier alpha value is -3.61. The molecule has 3 aromatic rings. The summed E-state index contributed by atoms with van der Waals surface area (Å²) >= 11 is 3.04. The number of nitrogens with zero attached hydrogens (tertiary/aromatic N) is 1. The van der Waals surface area contributed by atoms with Crippen LogP contribution in [0.15, 0.2) is 82.8 Å². The van der Waals surface area contributed by atoms with E-state index in [1.165, 1.54) is 6.07 Å². The van der Waals surface area contributed by atoms with Crippen molar-refractivity contribution < 1.29 is 32.7 Å². The Bertz CT molecular complexity index is 1610. The minimum atomic E-state index is -4.03. The number of halogens is 1. The van der Waals surface area contributed by atoms with E-state index >= 15 is 0 Å². The number of carboxylic acids is 1. The van der Waals surface area contributed by atoms with Crippen LogP contribution in [0.5, 0.6) is 0 Å². The monoisotopic (exact) mass is 657 g/mol. The van der Waals surface area contributed by atoms with Crippen molar-refractivity contribution in [2.75, 3.05) is 5.33 Å². The maximum atomic E-state index is 13.8. The van der Waals surface area contributed by atoms with Crippen LogP contribution in [-0.4, -0.2) is 59.9 Å². The molecule has 0 aliphatic carbocycles. The number of fused-ring (bicyclic) bond motifs is 1. The Labute approximate surface area is 252 Å². The number of sulfonamides is 1. The number of Topliss-reactive ketones (excluding diaryl/α,β-unsaturated/α-hetero) is 1. The van der Waals surface area contributed by atoms with Gasteiger partial charge in [-0.25, -0.2) is 13.1 Å². The van der Waals surface area contributed by atoms with Gasteiger partial charge in [0.05, 0.1) is 34.4 Å². The minimum Gasteiger partial charge on any atom is -0.481 e. The van der Waals surface area contributed by atoms with Gasteiger partial charge in [0.25, 0.3) is 5.91 Å². The number of hydrogen-bond acceptors (Lipinski definition) is 7. The maximum Gasteiger partial charge on any atom is 0.305 e. The third-order valence-corrected chi connectivity index (χ3v) is 9.15. The first kappa shape index (κ1) is 31.3. The highest BCUT2D eigenvalue weighted by Crippen LogP contribution is 2.32. The van der Waals surface area contributed by atoms with E-state index < -0.39 is 51.8 Å². The second-order valence-electron chi connectivity index (χ2n) is 10.6. The molecule has 3 N–H and O–H groups in total. The standard InChI is InChI=1S/C30H32BrN3O7S/c1-19(2)28(34-42(39,40)26-14-8-12-21-11-6-7-13-22(21)26)24-17-30(41-33-24,16-20-9-4-3-5-10-20)29(38)32-23(15-27(36)37)25(35)18-31/h3-14,19,23,28,34H,15-18H2,1-2H3,(H,32,38)(H,36,37)/t23-,28-,30?/m0/s1. The Morgan fingerprint density at radius 1 is 1.02 bits per heavy atom. The Kier molecular flexibility index (Phi) is 9.80. The lowest BCUT2D eigenvalue weighted by Crippen LogP contribution is -2.55. The molecule has 3 aromatic carbocycles. The van der Waals surface area contributed by atoms with Gasteiger partial charge in [-0.15, -0.1) is 0 Å². The van der Waals surface area contributed by atoms with Crippen LogP contribution in [0.4, 0.5) is 0 Å². The summed E-state index contributed by atoms with van der Waals surface area (Å²) in [4.78, 5) is 43.6. The van der Waals surface area contributed by atoms with Crippen molar-refractivity contribution in [2.24, 2.45) is 11.1 Å². The second kappa shape index (κ2) is 13.1. The van der Waals surface area contributed by atoms with Gasteiger partial charge < -0.3 is 15.3 Å². The summed E-state index contributed by atoms with van der Waals surface area (Å²) in [5.41, 5.74) is -0.595. The molecule has 1 aliphatic heterocycles. The number of rotatable bonds is 13. The third kappa shape index (κ3) is 7.05. The van der Waals surface area contributed by atoms with E-state index in [9.17, 15) is 27.9 Å². The molecule has 12 heteroatoms. The van der Waals surface area contributed by atoms with E-state index in [2.05, 4.69) is 31.1 Å². The van der Waals surface area contributed by atoms with E-state index in [1.807, 2.05) is 38.1 Å². The third-order valence-electron chi connectivity index (χ3n) is 7.10. The summed E-state index contributed by atoms with van der Waals surface area (Å²) in [6.45, 7) is 3.65. The van der Waals surface area contributed by atoms with Crippen molar-refractivity contribution in [2.45, 2.75) is 55.7 Å². The molecule has 222 valence electrons. The SMILES string of the molecule is CC(C)[C@H](NS(=O)(=O)c1cccc2ccccc12)C1=NOC(Cc2ccccc2)(C(=O)N[C@@H](CC(=O)O)C(=O)CBr)C1. The fourth-order valence-corrected chi connectivity index (χ4v) is 6.94. The van der Waals surface area contributed by atoms with Gasteiger partial charge in [-0.3, -0.25) is 14.4 Å². The predicted molar refractivity (Wildman–Crippen MR) is 162 cm³/mol. The maximum absolute atomic E-state index is 13.8. The van der Waals surface area contributed by atoms with Crippen LogP contribution in [0.25, 0.3) is 10.8 Å². The lowest BCUT2D eigenvalue weighted by atomic mass is 9.85. The van der Waals surface area contributed by atoms with Crippen LogP contribution in [0.3, 0.4) is 0 Å². The van der Waals surface area contributed by atoms with E-state index in [0.29, 0.717) is 11.1 Å². The van der Waals surface area contributed by atoms with Gasteiger partial charge >= 0.3 is 5.97 Å². The summed E-state index contributed by atoms with van der Waals surface area (Å²) in [5, 5.41) is 17.3. The van der Waals surface area contributed by atoms with Crippen molar-refractivity contribution in [1.82, 2.24) is 10.0 Å². The van der Waals surface area contributed by atoms with Crippen molar-refractivity contribution in [3.8, 4) is 0 Å². The van der Waals surface area contributed by atoms with Crippen molar-refractivity contribution in [3.05, 3.63) is 78.4 Å². The van der Waals surface area contributed by atoms with Gasteiger partial charge in [0.1, 0.15) is 0 Å². The van der Waals surface area contributed by atoms with E-state index in [1.54, 1.807) is 42.5 Å². The number of amides is 1. The van der Waals surface area contributed by atoms with Gasteiger partial charge in [-0.2, -0.15) is 0 Å². The molecule has 1 aliphatic rings. The van der Waals surface area contributed by atoms with E-state index in [4.69, 9.17) is 4.84 Å². The molecule has 0 saturated heterocycles. The van der Waals surface area contributed by atoms with Crippen LogP contribution in [-0.2, 0) is 35.7 Å². The molecule has 1 heterocycles. The number of carbonyl (C=O) groups excluding carboxylic acids is 2. The van der Waals surface area contributed by atoms with Gasteiger partial charge in [0.2, 0.25) is 15.6 Å². The average Bonchev–Trinajstić information content (AvgIpc) is 3.39. The summed E-state index contributed by atoms with van der Waals surface area (Å²) in [7, 11) is -4.03. The Balaban J connectivity index is 1.65. The zero-order valence-corrected chi connectivity index (χ0v) is 25.5. The smallest absolute Gasteiger partial charge is 0.305 e. The highest BCUT2D eigenvalue weighted by atomic mass is 79.9. The first-order valence-electron chi connectivity index (χ1n) is 13.4. The normalized spacial score (nSPS) is 18.2. The number of ketones is 1. The Morgan fingerprint density at radius 3 is 2.36 bits per heavy atom. The number of hydrogen-bond donors (Lipinski definition) is 3. The summed E-state index contributed by atoms with van der Waals surface area (Å²) in [6.07, 6.45) is -0.641. The molecule has 3 atom stereocenters. The van der Waals surface area contributed by atoms with Crippen molar-refractivity contribution in [1.29, 1.82) is 0 Å². The molecule has 0 fully saturated rings. The molecular weight excluding hydrogens is 626 g/mol. The largest absolute Gasteiger partial charge is 0.481 e. The molecule has 0 spiro atoms. The number of carboxylic acid groups (broad SMARTS) is 1. The number of oxime groups is 1. The Morgan fingerprint density at radius 2 is 1.69 bits per heavy atom. The lowest BCUT2D eigenvalue weighted by Gasteiger charge is -2.29. The fraction of sp³-hybridized carbons (Fsp3) is 0.333. The average molecular weight is 659 g/mol. The molecule has 0 aromatic heterocycles. The quantitative estimate of drug-likeness (QED) is 0.236. The van der Waals surface area contributed by atoms with Gasteiger partial charge in [0.15, 0.2) is 5.78 Å². The molecular formula is C30H32BrN3O7S. The van der Waals surface area contributed by atoms with Crippen LogP contribution in [0.2, 0.25) is 0 Å². The molecule has 0 bridgehead atoms. The number of benzene rings is 3. The van der Waals surface area contributed by atoms with Crippen LogP contribution >= 0.6 is 15.9 Å². The van der Waals surface area contributed by atoms with Gasteiger partial charge in [-0.1, -0.05) is 102 Å². The highest BCUT2D eigenvalue weighted by molar-refractivity contribution is 9.09. The molecule has 1 amide bonds. The number of nitrogens with one attached hydrogen (secondary N) is 2. The topological polar surface area (TPSA) is 151 Å². The van der Waals surface area contributed by atoms with Gasteiger partial charge in [0, 0.05) is 18.2 Å². The summed E-state index contributed by atoms with van der Waals surface area (Å²) < 4.78 is 30.1. The molecule has 4 rings (SSSR count). The molecule has 1 unspecified atom stereocenters. The number of alkyl halides is 1. The lowest BCUT2D eigenvalue weighted by molar-refractivity contribution is -0.147. The molecule has 42 heavy (non-hydrogen) atoms. The predicted octanol–water partition coefficient (Wildman–Crippen LogP) is 3.82. The zero-order valence-electron chi connectivity index (χ0n) is 23.1. The van der Waals surface area contributed by atoms with E-state index in [0.717, 1.165) is 10.9 Å². The first-order chi connectivity index (χ1) is 20.0. The van der Waals surface area contributed by atoms with Crippen molar-refractivity contribution in [3.63, 3.8) is 0 Å². The second-order valence-corrected chi connectivity index (χ2v) is 12.8. The first-order valence-corrected chi connectivity index (χ1v) is 16.0.